The highest BCUT2D eigenvalue weighted by Gasteiger charge is 2.27. The quantitative estimate of drug-likeness (QED) is 0.284. The van der Waals surface area contributed by atoms with Gasteiger partial charge in [-0.25, -0.2) is 19.2 Å². The average molecular weight is 436 g/mol. The number of isocyanates is 4. The normalized spacial score (nSPS) is 12.5. The van der Waals surface area contributed by atoms with Gasteiger partial charge in [-0.15, -0.1) is 0 Å². The minimum Gasteiger partial charge on any atom is -0.211 e. The summed E-state index contributed by atoms with van der Waals surface area (Å²) in [7, 11) is 0. The maximum absolute atomic E-state index is 11.0. The first kappa shape index (κ1) is 22.9. The molecule has 0 radical (unpaired) electrons. The molecule has 3 rings (SSSR count). The molecule has 0 aromatic heterocycles. The van der Waals surface area contributed by atoms with Crippen molar-refractivity contribution >= 4 is 24.3 Å². The summed E-state index contributed by atoms with van der Waals surface area (Å²) in [5.41, 5.74) is 3.20. The Balaban J connectivity index is 2.36. The Morgan fingerprint density at radius 1 is 0.455 bits per heavy atom. The Morgan fingerprint density at radius 3 is 1.15 bits per heavy atom. The molecule has 0 amide bonds. The smallest absolute Gasteiger partial charge is 0.211 e. The van der Waals surface area contributed by atoms with Crippen molar-refractivity contribution in [1.82, 2.24) is 0 Å². The molecule has 0 aliphatic rings. The maximum atomic E-state index is 11.0. The monoisotopic (exact) mass is 436 g/mol. The van der Waals surface area contributed by atoms with Gasteiger partial charge < -0.3 is 0 Å². The van der Waals surface area contributed by atoms with E-state index in [4.69, 9.17) is 0 Å². The summed E-state index contributed by atoms with van der Waals surface area (Å²) >= 11 is 0. The lowest BCUT2D eigenvalue weighted by atomic mass is 9.80. The Hall–Kier alpha value is -4.82. The van der Waals surface area contributed by atoms with Crippen molar-refractivity contribution in [3.05, 3.63) is 107 Å². The van der Waals surface area contributed by atoms with Crippen LogP contribution in [0.15, 0.2) is 98.8 Å². The molecule has 3 aromatic carbocycles. The molecule has 0 saturated carbocycles. The van der Waals surface area contributed by atoms with Gasteiger partial charge in [-0.3, -0.25) is 0 Å². The SMILES string of the molecule is O=C=NC(N=C=O)c1ccccc1C(c1ccccc1)c1ccccc1C(N=C=O)N=C=O. The van der Waals surface area contributed by atoms with Crippen LogP contribution in [0.4, 0.5) is 0 Å². The number of hydrogen-bond acceptors (Lipinski definition) is 8. The summed E-state index contributed by atoms with van der Waals surface area (Å²) < 4.78 is 0. The van der Waals surface area contributed by atoms with Crippen LogP contribution in [-0.2, 0) is 19.2 Å². The van der Waals surface area contributed by atoms with E-state index in [1.54, 1.807) is 36.4 Å². The predicted octanol–water partition coefficient (Wildman–Crippen LogP) is 4.21. The van der Waals surface area contributed by atoms with Crippen molar-refractivity contribution < 1.29 is 19.2 Å². The Labute approximate surface area is 188 Å². The van der Waals surface area contributed by atoms with Gasteiger partial charge >= 0.3 is 0 Å². The molecule has 0 N–H and O–H groups in total. The maximum Gasteiger partial charge on any atom is 0.237 e. The average Bonchev–Trinajstić information content (AvgIpc) is 2.85. The van der Waals surface area contributed by atoms with Gasteiger partial charge in [0.1, 0.15) is 0 Å². The highest BCUT2D eigenvalue weighted by atomic mass is 16.1. The Kier molecular flexibility index (Phi) is 7.99. The molecular weight excluding hydrogens is 420 g/mol. The summed E-state index contributed by atoms with van der Waals surface area (Å²) in [6.07, 6.45) is 3.52. The van der Waals surface area contributed by atoms with Crippen LogP contribution in [0.5, 0.6) is 0 Å². The summed E-state index contributed by atoms with van der Waals surface area (Å²) in [6, 6.07) is 23.5. The van der Waals surface area contributed by atoms with Crippen molar-refractivity contribution in [3.8, 4) is 0 Å². The van der Waals surface area contributed by atoms with E-state index in [2.05, 4.69) is 20.0 Å². The van der Waals surface area contributed by atoms with Crippen LogP contribution in [-0.4, -0.2) is 24.3 Å². The molecule has 0 fully saturated rings. The van der Waals surface area contributed by atoms with Gasteiger partial charge in [-0.1, -0.05) is 78.9 Å². The lowest BCUT2D eigenvalue weighted by Crippen LogP contribution is -2.11. The minimum absolute atomic E-state index is 0.476. The van der Waals surface area contributed by atoms with E-state index in [0.29, 0.717) is 22.3 Å². The molecule has 0 bridgehead atoms. The van der Waals surface area contributed by atoms with Crippen LogP contribution >= 0.6 is 0 Å². The first-order valence-corrected chi connectivity index (χ1v) is 9.75. The van der Waals surface area contributed by atoms with Gasteiger partial charge in [0.15, 0.2) is 12.3 Å². The van der Waals surface area contributed by atoms with Crippen molar-refractivity contribution in [2.45, 2.75) is 18.2 Å². The number of hydrogen-bond donors (Lipinski definition) is 0. The van der Waals surface area contributed by atoms with E-state index in [1.807, 2.05) is 42.5 Å². The zero-order valence-corrected chi connectivity index (χ0v) is 17.2. The number of benzene rings is 3. The lowest BCUT2D eigenvalue weighted by molar-refractivity contribution is 0.550. The molecule has 0 unspecified atom stereocenters. The topological polar surface area (TPSA) is 118 Å². The van der Waals surface area contributed by atoms with Crippen LogP contribution in [0.1, 0.15) is 46.1 Å². The molecule has 0 heterocycles. The van der Waals surface area contributed by atoms with Crippen LogP contribution < -0.4 is 0 Å². The highest BCUT2D eigenvalue weighted by Crippen LogP contribution is 2.40. The lowest BCUT2D eigenvalue weighted by Gasteiger charge is -2.25. The number of rotatable bonds is 9. The predicted molar refractivity (Wildman–Crippen MR) is 118 cm³/mol. The second-order valence-corrected chi connectivity index (χ2v) is 6.73. The second kappa shape index (κ2) is 11.5. The van der Waals surface area contributed by atoms with E-state index < -0.39 is 18.2 Å². The third kappa shape index (κ3) is 5.27. The molecule has 0 aliphatic carbocycles. The van der Waals surface area contributed by atoms with Gasteiger partial charge in [-0.05, 0) is 16.7 Å². The first-order valence-electron chi connectivity index (χ1n) is 9.75. The molecule has 0 atom stereocenters. The van der Waals surface area contributed by atoms with Crippen LogP contribution in [0.3, 0.4) is 0 Å². The molecule has 3 aromatic rings. The molecule has 0 spiro atoms. The van der Waals surface area contributed by atoms with Gasteiger partial charge in [-0.2, -0.15) is 20.0 Å². The Bertz CT molecular complexity index is 1200. The molecule has 160 valence electrons. The fourth-order valence-electron chi connectivity index (χ4n) is 3.73. The minimum atomic E-state index is -1.13. The highest BCUT2D eigenvalue weighted by molar-refractivity contribution is 5.52. The third-order valence-corrected chi connectivity index (χ3v) is 5.00. The van der Waals surface area contributed by atoms with E-state index in [1.165, 1.54) is 24.3 Å². The van der Waals surface area contributed by atoms with Gasteiger partial charge in [0.25, 0.3) is 0 Å². The summed E-state index contributed by atoms with van der Waals surface area (Å²) in [5, 5.41) is 0. The molecule has 8 nitrogen and oxygen atoms in total. The molecule has 33 heavy (non-hydrogen) atoms. The van der Waals surface area contributed by atoms with Crippen LogP contribution in [0.25, 0.3) is 0 Å². The van der Waals surface area contributed by atoms with E-state index in [-0.39, 0.29) is 0 Å². The van der Waals surface area contributed by atoms with E-state index in [0.717, 1.165) is 5.56 Å². The fraction of sp³-hybridized carbons (Fsp3) is 0.120. The molecule has 0 saturated heterocycles. The molecule has 8 heteroatoms. The number of aliphatic imine (C=N–C) groups is 4. The van der Waals surface area contributed by atoms with E-state index >= 15 is 0 Å². The summed E-state index contributed by atoms with van der Waals surface area (Å²) in [4.78, 5) is 58.6. The third-order valence-electron chi connectivity index (χ3n) is 5.00. The molecular formula is C25H16N4O4. The summed E-state index contributed by atoms with van der Waals surface area (Å²) in [5.74, 6) is -0.476. The van der Waals surface area contributed by atoms with Crippen molar-refractivity contribution in [3.63, 3.8) is 0 Å². The van der Waals surface area contributed by atoms with Gasteiger partial charge in [0, 0.05) is 17.0 Å². The van der Waals surface area contributed by atoms with Crippen molar-refractivity contribution in [2.75, 3.05) is 0 Å². The number of carbonyl (C=O) groups excluding carboxylic acids is 4. The first-order chi connectivity index (χ1) is 16.2. The van der Waals surface area contributed by atoms with E-state index in [9.17, 15) is 19.2 Å². The number of nitrogens with zero attached hydrogens (tertiary/aromatic N) is 4. The zero-order valence-electron chi connectivity index (χ0n) is 17.2. The van der Waals surface area contributed by atoms with Crippen molar-refractivity contribution in [2.24, 2.45) is 20.0 Å². The zero-order chi connectivity index (χ0) is 23.5. The largest absolute Gasteiger partial charge is 0.237 e. The van der Waals surface area contributed by atoms with Crippen LogP contribution in [0.2, 0.25) is 0 Å². The summed E-state index contributed by atoms with van der Waals surface area (Å²) in [6.45, 7) is 0. The van der Waals surface area contributed by atoms with Gasteiger partial charge in [0.05, 0.1) is 0 Å². The second-order valence-electron chi connectivity index (χ2n) is 6.73. The van der Waals surface area contributed by atoms with Gasteiger partial charge in [0.2, 0.25) is 24.3 Å². The fourth-order valence-corrected chi connectivity index (χ4v) is 3.73. The molecule has 0 aliphatic heterocycles. The Morgan fingerprint density at radius 2 is 0.788 bits per heavy atom. The van der Waals surface area contributed by atoms with Crippen LogP contribution in [0, 0.1) is 0 Å². The standard InChI is InChI=1S/C25H16N4O4/c30-14-26-24(27-15-31)21-12-6-4-10-19(21)23(18-8-2-1-3-9-18)20-11-5-7-13-22(20)25(28-16-32)29-17-33/h1-13,23-25H. The van der Waals surface area contributed by atoms with Crippen molar-refractivity contribution in [1.29, 1.82) is 0 Å².